The topological polar surface area (TPSA) is 210 Å². The van der Waals surface area contributed by atoms with E-state index in [0.717, 1.165) is 44.9 Å². The van der Waals surface area contributed by atoms with E-state index in [0.29, 0.717) is 19.3 Å². The van der Waals surface area contributed by atoms with Crippen LogP contribution >= 0.6 is 7.82 Å². The van der Waals surface area contributed by atoms with Crippen LogP contribution in [0.1, 0.15) is 168 Å². The summed E-state index contributed by atoms with van der Waals surface area (Å²) >= 11 is 0. The Labute approximate surface area is 354 Å². The number of carbonyl (C=O) groups is 2. The normalized spacial score (nSPS) is 22.8. The Balaban J connectivity index is 2.53. The summed E-state index contributed by atoms with van der Waals surface area (Å²) in [6.07, 6.45) is 27.5. The van der Waals surface area contributed by atoms with E-state index < -0.39 is 75.7 Å². The molecule has 0 heterocycles. The number of phosphoric ester groups is 1. The second kappa shape index (κ2) is 35.4. The highest BCUT2D eigenvalue weighted by Crippen LogP contribution is 2.47. The maximum atomic E-state index is 12.8. The van der Waals surface area contributed by atoms with Gasteiger partial charge in [0.15, 0.2) is 6.10 Å². The fourth-order valence-electron chi connectivity index (χ4n) is 6.51. The van der Waals surface area contributed by atoms with Crippen molar-refractivity contribution in [2.24, 2.45) is 0 Å². The van der Waals surface area contributed by atoms with Gasteiger partial charge in [-0.05, 0) is 51.4 Å². The van der Waals surface area contributed by atoms with Crippen LogP contribution < -0.4 is 0 Å². The number of hydrogen-bond donors (Lipinski definition) is 6. The molecule has 1 aliphatic carbocycles. The number of carbonyl (C=O) groups excluding carboxylic acids is 2. The first kappa shape index (κ1) is 54.8. The molecule has 1 fully saturated rings. The number of unbranched alkanes of at least 4 members (excludes halogenated alkanes) is 16. The molecule has 0 aromatic carbocycles. The summed E-state index contributed by atoms with van der Waals surface area (Å²) in [6, 6.07) is 0. The van der Waals surface area contributed by atoms with Crippen molar-refractivity contribution < 1.29 is 63.1 Å². The van der Waals surface area contributed by atoms with Crippen LogP contribution in [0, 0.1) is 0 Å². The van der Waals surface area contributed by atoms with Gasteiger partial charge in [-0.3, -0.25) is 18.6 Å². The van der Waals surface area contributed by atoms with Gasteiger partial charge in [0.25, 0.3) is 0 Å². The lowest BCUT2D eigenvalue weighted by Crippen LogP contribution is -2.64. The SMILES string of the molecule is CCCCC/C=C\C/C=C\C/C=C\C/C=C\CCCC(=O)O[C@H](COC(=O)CCCCCCCCCCCCCCC)COP(=O)(O)OC1[C@@H](O)[C@@H](O)C(O)[C@H](O)[C@H]1O. The van der Waals surface area contributed by atoms with Crippen molar-refractivity contribution in [2.45, 2.75) is 211 Å². The van der Waals surface area contributed by atoms with Crippen molar-refractivity contribution in [3.05, 3.63) is 48.6 Å². The Bertz CT molecular complexity index is 1220. The van der Waals surface area contributed by atoms with Gasteiger partial charge in [0.2, 0.25) is 0 Å². The van der Waals surface area contributed by atoms with Gasteiger partial charge in [-0.15, -0.1) is 0 Å². The number of esters is 2. The van der Waals surface area contributed by atoms with Gasteiger partial charge < -0.3 is 39.9 Å². The van der Waals surface area contributed by atoms with Gasteiger partial charge in [0.1, 0.15) is 43.2 Å². The van der Waals surface area contributed by atoms with Crippen LogP contribution in [-0.2, 0) is 32.7 Å². The van der Waals surface area contributed by atoms with E-state index in [4.69, 9.17) is 18.5 Å². The van der Waals surface area contributed by atoms with Crippen LogP contribution in [0.2, 0.25) is 0 Å². The highest BCUT2D eigenvalue weighted by molar-refractivity contribution is 7.47. The fraction of sp³-hybridized carbons (Fsp3) is 0.778. The monoisotopic (exact) mass is 859 g/mol. The minimum atomic E-state index is -5.13. The first-order chi connectivity index (χ1) is 28.4. The van der Waals surface area contributed by atoms with Gasteiger partial charge in [0, 0.05) is 12.8 Å². The van der Waals surface area contributed by atoms with Crippen LogP contribution in [0.3, 0.4) is 0 Å². The van der Waals surface area contributed by atoms with Gasteiger partial charge in [0.05, 0.1) is 6.61 Å². The Morgan fingerprint density at radius 2 is 0.932 bits per heavy atom. The summed E-state index contributed by atoms with van der Waals surface area (Å²) in [6.45, 7) is 3.21. The third-order valence-electron chi connectivity index (χ3n) is 10.2. The molecule has 0 bridgehead atoms. The summed E-state index contributed by atoms with van der Waals surface area (Å²) in [5.74, 6) is -1.16. The number of aliphatic hydroxyl groups excluding tert-OH is 5. The molecule has 342 valence electrons. The molecule has 0 amide bonds. The number of allylic oxidation sites excluding steroid dienone is 8. The molecule has 59 heavy (non-hydrogen) atoms. The maximum Gasteiger partial charge on any atom is 0.472 e. The van der Waals surface area contributed by atoms with Crippen LogP contribution in [0.25, 0.3) is 0 Å². The quantitative estimate of drug-likeness (QED) is 0.0152. The van der Waals surface area contributed by atoms with Crippen molar-refractivity contribution in [3.63, 3.8) is 0 Å². The van der Waals surface area contributed by atoms with E-state index in [1.165, 1.54) is 77.0 Å². The number of hydrogen-bond acceptors (Lipinski definition) is 12. The van der Waals surface area contributed by atoms with Crippen molar-refractivity contribution in [1.29, 1.82) is 0 Å². The number of rotatable bonds is 36. The average Bonchev–Trinajstić information content (AvgIpc) is 3.21. The summed E-state index contributed by atoms with van der Waals surface area (Å²) in [5, 5.41) is 50.1. The Hall–Kier alpha value is -2.19. The molecule has 13 nitrogen and oxygen atoms in total. The molecule has 1 rings (SSSR count). The van der Waals surface area contributed by atoms with Crippen molar-refractivity contribution in [2.75, 3.05) is 13.2 Å². The molecule has 8 atom stereocenters. The second-order valence-electron chi connectivity index (χ2n) is 15.6. The molecule has 14 heteroatoms. The first-order valence-electron chi connectivity index (χ1n) is 22.4. The molecule has 0 saturated heterocycles. The summed E-state index contributed by atoms with van der Waals surface area (Å²) in [5.41, 5.74) is 0. The minimum absolute atomic E-state index is 0.0211. The molecule has 0 radical (unpaired) electrons. The van der Waals surface area contributed by atoms with Crippen molar-refractivity contribution >= 4 is 19.8 Å². The molecule has 6 N–H and O–H groups in total. The third-order valence-corrected chi connectivity index (χ3v) is 11.2. The first-order valence-corrected chi connectivity index (χ1v) is 23.9. The smallest absolute Gasteiger partial charge is 0.462 e. The second-order valence-corrected chi connectivity index (χ2v) is 17.0. The van der Waals surface area contributed by atoms with E-state index in [9.17, 15) is 44.6 Å². The zero-order valence-corrected chi connectivity index (χ0v) is 36.9. The lowest BCUT2D eigenvalue weighted by Gasteiger charge is -2.41. The zero-order valence-electron chi connectivity index (χ0n) is 36.0. The highest BCUT2D eigenvalue weighted by atomic mass is 31.2. The number of aliphatic hydroxyl groups is 5. The standard InChI is InChI=1S/C45H79O13P/c1-3-5-7-9-11-13-15-17-18-19-20-22-24-26-28-30-32-34-39(47)57-37(36-56-59(53,54)58-45-43(51)41(49)40(48)42(50)44(45)52)35-55-38(46)33-31-29-27-25-23-21-16-14-12-10-8-6-4-2/h11,13,17-18,20,22,26,28,37,40-45,48-52H,3-10,12,14-16,19,21,23-25,27,29-36H2,1-2H3,(H,53,54)/b13-11-,18-17-,22-20-,28-26-/t37-,40?,41+,42+,43-,44+,45?/m1/s1. The lowest BCUT2D eigenvalue weighted by molar-refractivity contribution is -0.220. The maximum absolute atomic E-state index is 12.8. The average molecular weight is 859 g/mol. The summed E-state index contributed by atoms with van der Waals surface area (Å²) < 4.78 is 33.4. The molecular formula is C45H79O13P. The van der Waals surface area contributed by atoms with Crippen LogP contribution in [0.4, 0.5) is 0 Å². The van der Waals surface area contributed by atoms with Crippen molar-refractivity contribution in [3.8, 4) is 0 Å². The highest BCUT2D eigenvalue weighted by Gasteiger charge is 2.51. The molecule has 0 aromatic rings. The van der Waals surface area contributed by atoms with Crippen molar-refractivity contribution in [1.82, 2.24) is 0 Å². The summed E-state index contributed by atoms with van der Waals surface area (Å²) in [4.78, 5) is 35.6. The van der Waals surface area contributed by atoms with Gasteiger partial charge in [-0.2, -0.15) is 0 Å². The minimum Gasteiger partial charge on any atom is -0.462 e. The molecule has 1 saturated carbocycles. The zero-order chi connectivity index (χ0) is 43.6. The predicted octanol–water partition coefficient (Wildman–Crippen LogP) is 8.39. The van der Waals surface area contributed by atoms with E-state index in [1.807, 2.05) is 12.2 Å². The van der Waals surface area contributed by atoms with E-state index >= 15 is 0 Å². The predicted molar refractivity (Wildman–Crippen MR) is 230 cm³/mol. The van der Waals surface area contributed by atoms with Gasteiger partial charge >= 0.3 is 19.8 Å². The lowest BCUT2D eigenvalue weighted by atomic mass is 9.85. The largest absolute Gasteiger partial charge is 0.472 e. The molecule has 0 spiro atoms. The van der Waals surface area contributed by atoms with E-state index in [2.05, 4.69) is 50.3 Å². The Morgan fingerprint density at radius 3 is 1.44 bits per heavy atom. The third kappa shape index (κ3) is 28.1. The fourth-order valence-corrected chi connectivity index (χ4v) is 7.49. The van der Waals surface area contributed by atoms with Crippen LogP contribution in [-0.4, -0.2) is 98.3 Å². The Morgan fingerprint density at radius 1 is 0.525 bits per heavy atom. The molecule has 1 aliphatic rings. The number of ether oxygens (including phenoxy) is 2. The Kier molecular flexibility index (Phi) is 32.9. The van der Waals surface area contributed by atoms with Crippen LogP contribution in [0.5, 0.6) is 0 Å². The molecule has 0 aromatic heterocycles. The van der Waals surface area contributed by atoms with Gasteiger partial charge in [-0.25, -0.2) is 4.57 Å². The van der Waals surface area contributed by atoms with E-state index in [1.54, 1.807) is 0 Å². The van der Waals surface area contributed by atoms with Crippen LogP contribution in [0.15, 0.2) is 48.6 Å². The van der Waals surface area contributed by atoms with Gasteiger partial charge in [-0.1, -0.05) is 152 Å². The molecular weight excluding hydrogens is 779 g/mol. The molecule has 3 unspecified atom stereocenters. The number of phosphoric acid groups is 1. The molecule has 0 aliphatic heterocycles. The summed E-state index contributed by atoms with van der Waals surface area (Å²) in [7, 11) is -5.13. The van der Waals surface area contributed by atoms with E-state index in [-0.39, 0.29) is 12.8 Å².